The fourth-order valence-corrected chi connectivity index (χ4v) is 5.85. The quantitative estimate of drug-likeness (QED) is 0.411. The summed E-state index contributed by atoms with van der Waals surface area (Å²) in [5.41, 5.74) is 3.47. The van der Waals surface area contributed by atoms with E-state index in [0.29, 0.717) is 37.7 Å². The molecule has 1 amide bonds. The van der Waals surface area contributed by atoms with Gasteiger partial charge >= 0.3 is 0 Å². The summed E-state index contributed by atoms with van der Waals surface area (Å²) in [5.74, 6) is 1.23. The summed E-state index contributed by atoms with van der Waals surface area (Å²) >= 11 is 3.25. The first-order valence-corrected chi connectivity index (χ1v) is 12.3. The Labute approximate surface area is 194 Å². The van der Waals surface area contributed by atoms with Crippen LogP contribution in [-0.2, 0) is 5.75 Å². The van der Waals surface area contributed by atoms with Crippen molar-refractivity contribution in [2.45, 2.75) is 17.0 Å². The van der Waals surface area contributed by atoms with Gasteiger partial charge in [-0.2, -0.15) is 0 Å². The highest BCUT2D eigenvalue weighted by molar-refractivity contribution is 8.00. The predicted octanol–water partition coefficient (Wildman–Crippen LogP) is 5.16. The molecular formula is C24H23N3O3S2. The van der Waals surface area contributed by atoms with E-state index in [-0.39, 0.29) is 11.7 Å². The molecule has 5 rings (SSSR count). The number of fused-ring (bicyclic) bond motifs is 1. The molecule has 1 saturated heterocycles. The number of thiazole rings is 1. The van der Waals surface area contributed by atoms with E-state index < -0.39 is 0 Å². The van der Waals surface area contributed by atoms with Crippen molar-refractivity contribution in [2.24, 2.45) is 0 Å². The minimum atomic E-state index is -0.0796. The molecule has 0 aliphatic carbocycles. The average Bonchev–Trinajstić information content (AvgIpc) is 3.40. The summed E-state index contributed by atoms with van der Waals surface area (Å²) in [6.45, 7) is 4.45. The van der Waals surface area contributed by atoms with Crippen molar-refractivity contribution in [1.29, 1.82) is 0 Å². The SMILES string of the molecule is Cc1csc(SCc2c(C(=O)N3CCN(c4ccccc4O)CC3)oc3ccccc23)n1. The average molecular weight is 466 g/mol. The Kier molecular flexibility index (Phi) is 5.80. The molecule has 0 saturated carbocycles. The van der Waals surface area contributed by atoms with Crippen LogP contribution in [0.1, 0.15) is 21.8 Å². The first kappa shape index (κ1) is 20.9. The summed E-state index contributed by atoms with van der Waals surface area (Å²) in [7, 11) is 0. The van der Waals surface area contributed by atoms with Crippen LogP contribution < -0.4 is 4.90 Å². The highest BCUT2D eigenvalue weighted by Gasteiger charge is 2.28. The molecule has 0 atom stereocenters. The van der Waals surface area contributed by atoms with Crippen molar-refractivity contribution in [3.63, 3.8) is 0 Å². The Morgan fingerprint density at radius 1 is 1.12 bits per heavy atom. The van der Waals surface area contributed by atoms with Crippen LogP contribution >= 0.6 is 23.1 Å². The lowest BCUT2D eigenvalue weighted by Gasteiger charge is -2.36. The van der Waals surface area contributed by atoms with Gasteiger partial charge < -0.3 is 19.3 Å². The third-order valence-electron chi connectivity index (χ3n) is 5.62. The van der Waals surface area contributed by atoms with Gasteiger partial charge in [-0.15, -0.1) is 11.3 Å². The number of carbonyl (C=O) groups is 1. The van der Waals surface area contributed by atoms with Crippen molar-refractivity contribution in [3.8, 4) is 5.75 Å². The van der Waals surface area contributed by atoms with Gasteiger partial charge in [0.05, 0.1) is 5.69 Å². The number of nitrogens with zero attached hydrogens (tertiary/aromatic N) is 3. The van der Waals surface area contributed by atoms with E-state index in [9.17, 15) is 9.90 Å². The highest BCUT2D eigenvalue weighted by atomic mass is 32.2. The monoisotopic (exact) mass is 465 g/mol. The number of para-hydroxylation sites is 3. The van der Waals surface area contributed by atoms with Crippen molar-refractivity contribution in [3.05, 3.63) is 70.9 Å². The smallest absolute Gasteiger partial charge is 0.290 e. The number of hydrogen-bond acceptors (Lipinski definition) is 7. The molecule has 0 bridgehead atoms. The number of benzene rings is 2. The Morgan fingerprint density at radius 3 is 2.62 bits per heavy atom. The molecule has 0 unspecified atom stereocenters. The van der Waals surface area contributed by atoms with Crippen LogP contribution in [0.3, 0.4) is 0 Å². The molecule has 3 heterocycles. The summed E-state index contributed by atoms with van der Waals surface area (Å²) < 4.78 is 7.05. The lowest BCUT2D eigenvalue weighted by molar-refractivity contribution is 0.0716. The highest BCUT2D eigenvalue weighted by Crippen LogP contribution is 2.34. The number of amides is 1. The van der Waals surface area contributed by atoms with Crippen molar-refractivity contribution in [2.75, 3.05) is 31.1 Å². The second-order valence-corrected chi connectivity index (χ2v) is 9.80. The first-order valence-electron chi connectivity index (χ1n) is 10.5. The number of carbonyl (C=O) groups excluding carboxylic acids is 1. The zero-order valence-corrected chi connectivity index (χ0v) is 19.3. The number of phenolic OH excluding ortho intramolecular Hbond substituents is 1. The third kappa shape index (κ3) is 4.08. The lowest BCUT2D eigenvalue weighted by Crippen LogP contribution is -2.48. The van der Waals surface area contributed by atoms with Gasteiger partial charge in [-0.1, -0.05) is 42.1 Å². The topological polar surface area (TPSA) is 69.8 Å². The van der Waals surface area contributed by atoms with Crippen molar-refractivity contribution >= 4 is 45.7 Å². The van der Waals surface area contributed by atoms with Crippen molar-refractivity contribution < 1.29 is 14.3 Å². The molecule has 8 heteroatoms. The molecule has 32 heavy (non-hydrogen) atoms. The standard InChI is InChI=1S/C24H23N3O3S2/c1-16-14-31-24(25-16)32-15-18-17-6-2-5-9-21(17)30-22(18)23(29)27-12-10-26(11-13-27)19-7-3-4-8-20(19)28/h2-9,14,28H,10-13,15H2,1H3. The van der Waals surface area contributed by atoms with E-state index in [1.807, 2.05) is 59.7 Å². The molecule has 1 aliphatic heterocycles. The molecule has 4 aromatic rings. The summed E-state index contributed by atoms with van der Waals surface area (Å²) in [5, 5.41) is 13.2. The van der Waals surface area contributed by atoms with Gasteiger partial charge in [-0.25, -0.2) is 4.98 Å². The third-order valence-corrected chi connectivity index (χ3v) is 7.79. The molecule has 1 aliphatic rings. The summed E-state index contributed by atoms with van der Waals surface area (Å²) in [4.78, 5) is 21.9. The Bertz CT molecular complexity index is 1260. The molecule has 0 radical (unpaired) electrons. The van der Waals surface area contributed by atoms with Crippen LogP contribution in [0.25, 0.3) is 11.0 Å². The summed E-state index contributed by atoms with van der Waals surface area (Å²) in [6.07, 6.45) is 0. The van der Waals surface area contributed by atoms with E-state index in [1.54, 1.807) is 29.2 Å². The predicted molar refractivity (Wildman–Crippen MR) is 129 cm³/mol. The van der Waals surface area contributed by atoms with Crippen LogP contribution in [0, 0.1) is 6.92 Å². The number of piperazine rings is 1. The van der Waals surface area contributed by atoms with Gasteiger partial charge in [-0.3, -0.25) is 4.79 Å². The van der Waals surface area contributed by atoms with E-state index in [2.05, 4.69) is 9.88 Å². The van der Waals surface area contributed by atoms with Crippen LogP contribution in [0.2, 0.25) is 0 Å². The first-order chi connectivity index (χ1) is 15.6. The minimum absolute atomic E-state index is 0.0796. The summed E-state index contributed by atoms with van der Waals surface area (Å²) in [6, 6.07) is 15.1. The lowest BCUT2D eigenvalue weighted by atomic mass is 10.1. The second-order valence-electron chi connectivity index (χ2n) is 7.72. The molecular weight excluding hydrogens is 442 g/mol. The number of rotatable bonds is 5. The number of phenols is 1. The fraction of sp³-hybridized carbons (Fsp3) is 0.250. The van der Waals surface area contributed by atoms with Gasteiger partial charge in [-0.05, 0) is 25.1 Å². The molecule has 164 valence electrons. The number of aryl methyl sites for hydroxylation is 1. The number of aromatic nitrogens is 1. The maximum atomic E-state index is 13.5. The molecule has 1 fully saturated rings. The molecule has 2 aromatic carbocycles. The van der Waals surface area contributed by atoms with E-state index in [1.165, 1.54) is 0 Å². The minimum Gasteiger partial charge on any atom is -0.506 e. The maximum absolute atomic E-state index is 13.5. The largest absolute Gasteiger partial charge is 0.506 e. The normalized spacial score (nSPS) is 14.3. The zero-order valence-electron chi connectivity index (χ0n) is 17.7. The van der Waals surface area contributed by atoms with Gasteiger partial charge in [0.1, 0.15) is 15.7 Å². The van der Waals surface area contributed by atoms with Crippen LogP contribution in [-0.4, -0.2) is 47.1 Å². The number of furan rings is 1. The second kappa shape index (κ2) is 8.88. The number of hydrogen-bond donors (Lipinski definition) is 1. The Hall–Kier alpha value is -2.97. The number of anilines is 1. The maximum Gasteiger partial charge on any atom is 0.290 e. The fourth-order valence-electron chi connectivity index (χ4n) is 3.97. The van der Waals surface area contributed by atoms with Crippen LogP contribution in [0.15, 0.2) is 62.7 Å². The van der Waals surface area contributed by atoms with Crippen LogP contribution in [0.5, 0.6) is 5.75 Å². The van der Waals surface area contributed by atoms with Gasteiger partial charge in [0.25, 0.3) is 5.91 Å². The number of aromatic hydroxyl groups is 1. The molecule has 1 N–H and O–H groups in total. The molecule has 2 aromatic heterocycles. The van der Waals surface area contributed by atoms with Crippen molar-refractivity contribution in [1.82, 2.24) is 9.88 Å². The Balaban J connectivity index is 1.36. The van der Waals surface area contributed by atoms with E-state index >= 15 is 0 Å². The van der Waals surface area contributed by atoms with E-state index in [0.717, 1.165) is 32.3 Å². The van der Waals surface area contributed by atoms with Gasteiger partial charge in [0.2, 0.25) is 0 Å². The van der Waals surface area contributed by atoms with E-state index in [4.69, 9.17) is 4.42 Å². The van der Waals surface area contributed by atoms with Crippen LogP contribution in [0.4, 0.5) is 5.69 Å². The zero-order chi connectivity index (χ0) is 22.1. The number of thioether (sulfide) groups is 1. The molecule has 6 nitrogen and oxygen atoms in total. The van der Waals surface area contributed by atoms with Gasteiger partial charge in [0.15, 0.2) is 5.76 Å². The molecule has 0 spiro atoms. The Morgan fingerprint density at radius 2 is 1.88 bits per heavy atom. The van der Waals surface area contributed by atoms with Gasteiger partial charge in [0, 0.05) is 54.0 Å².